The second kappa shape index (κ2) is 6.96. The largest absolute Gasteiger partial charge is 0.463 e. The Hall–Kier alpha value is -1.48. The fourth-order valence-electron chi connectivity index (χ4n) is 1.99. The molecule has 0 N–H and O–H groups in total. The van der Waals surface area contributed by atoms with Crippen LogP contribution in [0.15, 0.2) is 40.8 Å². The smallest absolute Gasteiger partial charge is 0.321 e. The lowest BCUT2D eigenvalue weighted by Crippen LogP contribution is -2.43. The van der Waals surface area contributed by atoms with E-state index in [0.29, 0.717) is 30.8 Å². The molecular weight excluding hydrogens is 430 g/mol. The van der Waals surface area contributed by atoms with Crippen molar-refractivity contribution in [2.24, 2.45) is 20.0 Å². The predicted molar refractivity (Wildman–Crippen MR) is 97.0 cm³/mol. The van der Waals surface area contributed by atoms with Crippen molar-refractivity contribution in [1.82, 2.24) is 4.90 Å². The van der Waals surface area contributed by atoms with Gasteiger partial charge in [-0.2, -0.15) is 20.0 Å². The van der Waals surface area contributed by atoms with Crippen LogP contribution in [0.5, 0.6) is 0 Å². The van der Waals surface area contributed by atoms with E-state index < -0.39 is 0 Å². The van der Waals surface area contributed by atoms with Crippen molar-refractivity contribution in [1.29, 1.82) is 0 Å². The first kappa shape index (κ1) is 16.4. The first-order valence-electron chi connectivity index (χ1n) is 7.31. The number of allylic oxidation sites excluding steroid dienone is 2. The monoisotopic (exact) mass is 443 g/mol. The molecule has 0 saturated heterocycles. The topological polar surface area (TPSA) is 71.1 Å². The van der Waals surface area contributed by atoms with Crippen molar-refractivity contribution in [2.45, 2.75) is 26.7 Å². The Kier molecular flexibility index (Phi) is 4.96. The predicted octanol–water partition coefficient (Wildman–Crippen LogP) is 3.49. The van der Waals surface area contributed by atoms with Crippen molar-refractivity contribution >= 4 is 55.7 Å². The first-order chi connectivity index (χ1) is 11.1. The van der Waals surface area contributed by atoms with Crippen LogP contribution in [-0.2, 0) is 9.47 Å². The molecule has 3 heterocycles. The number of guanidine groups is 1. The second-order valence-electron chi connectivity index (χ2n) is 4.83. The molecule has 0 atom stereocenters. The lowest BCUT2D eigenvalue weighted by atomic mass is 10.3. The molecule has 0 radical (unpaired) electrons. The van der Waals surface area contributed by atoms with Crippen molar-refractivity contribution < 1.29 is 9.47 Å². The quantitative estimate of drug-likeness (QED) is 0.666. The van der Waals surface area contributed by atoms with E-state index in [1.807, 2.05) is 19.9 Å². The van der Waals surface area contributed by atoms with Gasteiger partial charge in [0, 0.05) is 0 Å². The van der Waals surface area contributed by atoms with Gasteiger partial charge in [-0.15, -0.1) is 0 Å². The standard InChI is InChI=1S/C14H15Br2N5O2/c1-3-5-22-13-17-10-8(15)7-9(16)11-18-14(23-6-4-2)20-12(19-13)21(10)11/h7H,3-6H2,1-2H3. The normalized spacial score (nSPS) is 19.3. The van der Waals surface area contributed by atoms with E-state index in [2.05, 4.69) is 51.8 Å². The number of aliphatic imine (C=N–C) groups is 4. The molecule has 7 nitrogen and oxygen atoms in total. The van der Waals surface area contributed by atoms with Gasteiger partial charge in [0.25, 0.3) is 0 Å². The Morgan fingerprint density at radius 3 is 2.26 bits per heavy atom. The summed E-state index contributed by atoms with van der Waals surface area (Å²) in [6, 6.07) is 0.577. The van der Waals surface area contributed by atoms with Gasteiger partial charge in [-0.05, 0) is 50.8 Å². The fourth-order valence-corrected chi connectivity index (χ4v) is 3.29. The number of hydrogen-bond acceptors (Lipinski definition) is 7. The summed E-state index contributed by atoms with van der Waals surface area (Å²) in [4.78, 5) is 19.4. The summed E-state index contributed by atoms with van der Waals surface area (Å²) in [7, 11) is 0. The zero-order valence-electron chi connectivity index (χ0n) is 12.7. The van der Waals surface area contributed by atoms with Gasteiger partial charge in [0.15, 0.2) is 11.7 Å². The molecule has 0 aromatic heterocycles. The maximum absolute atomic E-state index is 5.56. The maximum atomic E-state index is 5.56. The fraction of sp³-hybridized carbons (Fsp3) is 0.429. The van der Waals surface area contributed by atoms with Gasteiger partial charge in [0.2, 0.25) is 5.96 Å². The molecule has 0 aromatic carbocycles. The van der Waals surface area contributed by atoms with Crippen molar-refractivity contribution in [2.75, 3.05) is 13.2 Å². The highest BCUT2D eigenvalue weighted by molar-refractivity contribution is 9.12. The molecule has 0 fully saturated rings. The number of rotatable bonds is 4. The zero-order valence-corrected chi connectivity index (χ0v) is 15.9. The SMILES string of the molecule is CCCOC1=NC2=NC(OCCC)=NC3=C(Br)C=C(Br)C(=N1)N23. The minimum absolute atomic E-state index is 0.288. The molecule has 122 valence electrons. The van der Waals surface area contributed by atoms with Gasteiger partial charge in [-0.1, -0.05) is 13.8 Å². The van der Waals surface area contributed by atoms with Crippen LogP contribution in [0.25, 0.3) is 0 Å². The van der Waals surface area contributed by atoms with Crippen LogP contribution in [0.3, 0.4) is 0 Å². The molecule has 0 spiro atoms. The van der Waals surface area contributed by atoms with Crippen LogP contribution in [0.2, 0.25) is 0 Å². The van der Waals surface area contributed by atoms with E-state index in [9.17, 15) is 0 Å². The lowest BCUT2D eigenvalue weighted by Gasteiger charge is -2.32. The van der Waals surface area contributed by atoms with E-state index in [0.717, 1.165) is 21.8 Å². The molecule has 9 heteroatoms. The molecule has 3 aliphatic heterocycles. The Morgan fingerprint density at radius 1 is 0.957 bits per heavy atom. The van der Waals surface area contributed by atoms with E-state index in [4.69, 9.17) is 9.47 Å². The Bertz CT molecular complexity index is 706. The van der Waals surface area contributed by atoms with E-state index in [-0.39, 0.29) is 12.0 Å². The average Bonchev–Trinajstić information content (AvgIpc) is 2.55. The summed E-state index contributed by atoms with van der Waals surface area (Å²) in [5, 5.41) is 0. The Labute approximate surface area is 150 Å². The average molecular weight is 445 g/mol. The molecule has 0 aromatic rings. The molecule has 3 rings (SSSR count). The Morgan fingerprint density at radius 2 is 1.61 bits per heavy atom. The van der Waals surface area contributed by atoms with Crippen LogP contribution in [0.4, 0.5) is 0 Å². The van der Waals surface area contributed by atoms with Crippen LogP contribution in [-0.4, -0.2) is 42.0 Å². The minimum atomic E-state index is 0.288. The molecule has 0 saturated carbocycles. The van der Waals surface area contributed by atoms with Crippen LogP contribution < -0.4 is 0 Å². The number of nitrogens with zero attached hydrogens (tertiary/aromatic N) is 5. The summed E-state index contributed by atoms with van der Waals surface area (Å²) < 4.78 is 12.7. The number of amidine groups is 3. The number of hydrogen-bond donors (Lipinski definition) is 0. The van der Waals surface area contributed by atoms with Gasteiger partial charge >= 0.3 is 12.0 Å². The third kappa shape index (κ3) is 3.25. The van der Waals surface area contributed by atoms with E-state index in [1.165, 1.54) is 0 Å². The highest BCUT2D eigenvalue weighted by Gasteiger charge is 2.36. The second-order valence-corrected chi connectivity index (χ2v) is 6.54. The summed E-state index contributed by atoms with van der Waals surface area (Å²) >= 11 is 7.02. The summed E-state index contributed by atoms with van der Waals surface area (Å²) in [5.41, 5.74) is 0. The van der Waals surface area contributed by atoms with Crippen LogP contribution in [0.1, 0.15) is 26.7 Å². The molecule has 0 unspecified atom stereocenters. The van der Waals surface area contributed by atoms with Gasteiger partial charge in [-0.25, -0.2) is 4.90 Å². The van der Waals surface area contributed by atoms with Crippen molar-refractivity contribution in [3.8, 4) is 0 Å². The lowest BCUT2D eigenvalue weighted by molar-refractivity contribution is 0.295. The number of halogens is 2. The van der Waals surface area contributed by atoms with Crippen LogP contribution >= 0.6 is 31.9 Å². The maximum Gasteiger partial charge on any atom is 0.321 e. The van der Waals surface area contributed by atoms with Gasteiger partial charge < -0.3 is 9.47 Å². The Balaban J connectivity index is 2.02. The number of ether oxygens (including phenoxy) is 2. The van der Waals surface area contributed by atoms with Gasteiger partial charge in [0.05, 0.1) is 22.2 Å². The highest BCUT2D eigenvalue weighted by Crippen LogP contribution is 2.34. The molecule has 0 amide bonds. The first-order valence-corrected chi connectivity index (χ1v) is 8.90. The molecule has 0 aliphatic carbocycles. The van der Waals surface area contributed by atoms with Gasteiger partial charge in [-0.3, -0.25) is 0 Å². The third-order valence-corrected chi connectivity index (χ3v) is 4.14. The van der Waals surface area contributed by atoms with E-state index in [1.54, 1.807) is 4.90 Å². The minimum Gasteiger partial charge on any atom is -0.463 e. The molecule has 3 aliphatic rings. The molecule has 0 bridgehead atoms. The summed E-state index contributed by atoms with van der Waals surface area (Å²) in [6.45, 7) is 5.14. The van der Waals surface area contributed by atoms with Crippen LogP contribution in [0, 0.1) is 0 Å². The molecule has 23 heavy (non-hydrogen) atoms. The van der Waals surface area contributed by atoms with Gasteiger partial charge in [0.1, 0.15) is 0 Å². The third-order valence-electron chi connectivity index (χ3n) is 2.97. The molecular formula is C14H15Br2N5O2. The highest BCUT2D eigenvalue weighted by atomic mass is 79.9. The van der Waals surface area contributed by atoms with E-state index >= 15 is 0 Å². The summed E-state index contributed by atoms with van der Waals surface area (Å²) in [6.07, 6.45) is 3.64. The zero-order chi connectivity index (χ0) is 16.4. The van der Waals surface area contributed by atoms with Crippen molar-refractivity contribution in [3.63, 3.8) is 0 Å². The summed E-state index contributed by atoms with van der Waals surface area (Å²) in [5.74, 6) is 1.71. The van der Waals surface area contributed by atoms with Crippen molar-refractivity contribution in [3.05, 3.63) is 20.9 Å².